The fraction of sp³-hybridized carbons (Fsp3) is 0.545. The normalized spacial score (nSPS) is 23.2. The zero-order chi connectivity index (χ0) is 20.4. The van der Waals surface area contributed by atoms with Crippen molar-refractivity contribution in [2.24, 2.45) is 11.8 Å². The zero-order valence-electron chi connectivity index (χ0n) is 16.8. The lowest BCUT2D eigenvalue weighted by molar-refractivity contribution is -0.137. The van der Waals surface area contributed by atoms with Crippen molar-refractivity contribution < 1.29 is 9.59 Å². The Morgan fingerprint density at radius 1 is 1.04 bits per heavy atom. The molecule has 2 atom stereocenters. The van der Waals surface area contributed by atoms with E-state index in [9.17, 15) is 9.59 Å². The molecule has 0 aliphatic carbocycles. The second-order valence-corrected chi connectivity index (χ2v) is 9.01. The van der Waals surface area contributed by atoms with Crippen molar-refractivity contribution >= 4 is 40.6 Å². The number of amides is 2. The van der Waals surface area contributed by atoms with Crippen molar-refractivity contribution in [1.82, 2.24) is 9.80 Å². The third-order valence-corrected chi connectivity index (χ3v) is 6.06. The van der Waals surface area contributed by atoms with Crippen molar-refractivity contribution in [2.45, 2.75) is 46.5 Å². The lowest BCUT2D eigenvalue weighted by atomic mass is 9.91. The van der Waals surface area contributed by atoms with E-state index in [0.29, 0.717) is 45.3 Å². The van der Waals surface area contributed by atoms with Crippen LogP contribution in [0, 0.1) is 11.8 Å². The zero-order valence-corrected chi connectivity index (χ0v) is 18.3. The first-order valence-electron chi connectivity index (χ1n) is 10.1. The summed E-state index contributed by atoms with van der Waals surface area (Å²) in [6.45, 7) is 8.48. The maximum absolute atomic E-state index is 13.3. The quantitative estimate of drug-likeness (QED) is 0.464. The first kappa shape index (κ1) is 21.2. The molecule has 2 aliphatic rings. The second kappa shape index (κ2) is 8.87. The molecule has 0 spiro atoms. The van der Waals surface area contributed by atoms with Crippen LogP contribution in [0.5, 0.6) is 0 Å². The molecule has 1 saturated heterocycles. The van der Waals surface area contributed by atoms with Crippen molar-refractivity contribution in [2.75, 3.05) is 19.6 Å². The largest absolute Gasteiger partial charge is 0.366 e. The lowest BCUT2D eigenvalue weighted by Crippen LogP contribution is -2.42. The van der Waals surface area contributed by atoms with Gasteiger partial charge in [0, 0.05) is 30.2 Å². The highest BCUT2D eigenvalue weighted by atomic mass is 35.5. The number of hydrogen-bond acceptors (Lipinski definition) is 3. The van der Waals surface area contributed by atoms with E-state index in [0.717, 1.165) is 38.8 Å². The van der Waals surface area contributed by atoms with Crippen LogP contribution in [0.4, 0.5) is 0 Å². The lowest BCUT2D eigenvalue weighted by Gasteiger charge is -2.37. The van der Waals surface area contributed by atoms with Gasteiger partial charge in [0.1, 0.15) is 5.70 Å². The molecule has 0 N–H and O–H groups in total. The van der Waals surface area contributed by atoms with Gasteiger partial charge in [-0.25, -0.2) is 0 Å². The minimum Gasteiger partial charge on any atom is -0.366 e. The number of carbonyl (C=O) groups excluding carboxylic acids is 2. The molecule has 6 heteroatoms. The van der Waals surface area contributed by atoms with E-state index < -0.39 is 0 Å². The molecule has 2 aliphatic heterocycles. The van der Waals surface area contributed by atoms with Crippen molar-refractivity contribution in [1.29, 1.82) is 0 Å². The Bertz CT molecular complexity index is 796. The van der Waals surface area contributed by atoms with E-state index in [1.807, 2.05) is 0 Å². The number of likely N-dealkylation sites (tertiary alicyclic amines) is 1. The third kappa shape index (κ3) is 4.23. The average molecular weight is 423 g/mol. The predicted octanol–water partition coefficient (Wildman–Crippen LogP) is 5.24. The number of benzene rings is 1. The van der Waals surface area contributed by atoms with Gasteiger partial charge in [0.25, 0.3) is 11.8 Å². The fourth-order valence-corrected chi connectivity index (χ4v) is 4.86. The number of rotatable bonds is 6. The van der Waals surface area contributed by atoms with Crippen LogP contribution in [-0.4, -0.2) is 41.2 Å². The van der Waals surface area contributed by atoms with Gasteiger partial charge in [0.2, 0.25) is 0 Å². The smallest absolute Gasteiger partial charge is 0.277 e. The number of hydrogen-bond donors (Lipinski definition) is 0. The van der Waals surface area contributed by atoms with E-state index in [4.69, 9.17) is 23.2 Å². The average Bonchev–Trinajstić information content (AvgIpc) is 2.85. The molecule has 2 heterocycles. The van der Waals surface area contributed by atoms with Crippen LogP contribution >= 0.6 is 23.2 Å². The molecule has 152 valence electrons. The summed E-state index contributed by atoms with van der Waals surface area (Å²) in [5, 5.41) is 0.905. The number of carbonyl (C=O) groups is 2. The molecule has 1 aromatic carbocycles. The maximum atomic E-state index is 13.3. The van der Waals surface area contributed by atoms with Gasteiger partial charge in [0.15, 0.2) is 0 Å². The Morgan fingerprint density at radius 2 is 1.71 bits per heavy atom. The van der Waals surface area contributed by atoms with Gasteiger partial charge in [0.05, 0.1) is 10.6 Å². The van der Waals surface area contributed by atoms with Gasteiger partial charge in [-0.15, -0.1) is 0 Å². The van der Waals surface area contributed by atoms with Crippen LogP contribution in [0.1, 0.15) is 52.0 Å². The van der Waals surface area contributed by atoms with Crippen LogP contribution < -0.4 is 0 Å². The highest BCUT2D eigenvalue weighted by Crippen LogP contribution is 2.38. The van der Waals surface area contributed by atoms with Crippen LogP contribution in [-0.2, 0) is 9.59 Å². The van der Waals surface area contributed by atoms with E-state index in [1.165, 1.54) is 4.90 Å². The summed E-state index contributed by atoms with van der Waals surface area (Å²) in [7, 11) is 0. The molecule has 0 saturated carbocycles. The van der Waals surface area contributed by atoms with Gasteiger partial charge < -0.3 is 4.90 Å². The topological polar surface area (TPSA) is 40.6 Å². The van der Waals surface area contributed by atoms with Crippen molar-refractivity contribution in [3.8, 4) is 0 Å². The maximum Gasteiger partial charge on any atom is 0.277 e. The second-order valence-electron chi connectivity index (χ2n) is 8.17. The molecular weight excluding hydrogens is 395 g/mol. The standard InChI is InChI=1S/C22H28Cl2N2O2/c1-4-5-6-9-26-21(27)19(17-8-7-16(23)11-18(17)24)20(22(26)28)25-12-14(2)10-15(3)13-25/h7-8,11,14-15H,4-6,9-10,12-13H2,1-3H3. The van der Waals surface area contributed by atoms with Crippen LogP contribution in [0.3, 0.4) is 0 Å². The monoisotopic (exact) mass is 422 g/mol. The summed E-state index contributed by atoms with van der Waals surface area (Å²) in [4.78, 5) is 30.1. The van der Waals surface area contributed by atoms with E-state index in [1.54, 1.807) is 18.2 Å². The molecule has 2 unspecified atom stereocenters. The first-order valence-corrected chi connectivity index (χ1v) is 10.9. The number of halogens is 2. The number of piperidine rings is 1. The summed E-state index contributed by atoms with van der Waals surface area (Å²) < 4.78 is 0. The summed E-state index contributed by atoms with van der Waals surface area (Å²) in [6, 6.07) is 5.09. The van der Waals surface area contributed by atoms with E-state index in [-0.39, 0.29) is 11.8 Å². The summed E-state index contributed by atoms with van der Waals surface area (Å²) in [6.07, 6.45) is 3.97. The fourth-order valence-electron chi connectivity index (χ4n) is 4.36. The SMILES string of the molecule is CCCCCN1C(=O)C(c2ccc(Cl)cc2Cl)=C(N2CC(C)CC(C)C2)C1=O. The third-order valence-electron chi connectivity index (χ3n) is 5.51. The van der Waals surface area contributed by atoms with Crippen LogP contribution in [0.25, 0.3) is 5.57 Å². The number of unbranched alkanes of at least 4 members (excludes halogenated alkanes) is 2. The summed E-state index contributed by atoms with van der Waals surface area (Å²) in [5.41, 5.74) is 1.51. The van der Waals surface area contributed by atoms with Gasteiger partial charge in [-0.05, 0) is 36.8 Å². The molecule has 0 aromatic heterocycles. The highest BCUT2D eigenvalue weighted by molar-refractivity contribution is 6.41. The van der Waals surface area contributed by atoms with Crippen molar-refractivity contribution in [3.05, 3.63) is 39.5 Å². The van der Waals surface area contributed by atoms with Crippen LogP contribution in [0.2, 0.25) is 10.0 Å². The minimum absolute atomic E-state index is 0.191. The van der Waals surface area contributed by atoms with E-state index in [2.05, 4.69) is 25.7 Å². The Balaban J connectivity index is 2.05. The molecular formula is C22H28Cl2N2O2. The van der Waals surface area contributed by atoms with Gasteiger partial charge in [-0.2, -0.15) is 0 Å². The molecule has 1 fully saturated rings. The Hall–Kier alpha value is -1.52. The number of imide groups is 1. The Labute approximate surface area is 177 Å². The predicted molar refractivity (Wildman–Crippen MR) is 114 cm³/mol. The van der Waals surface area contributed by atoms with Gasteiger partial charge >= 0.3 is 0 Å². The minimum atomic E-state index is -0.244. The Morgan fingerprint density at radius 3 is 2.32 bits per heavy atom. The summed E-state index contributed by atoms with van der Waals surface area (Å²) >= 11 is 12.5. The van der Waals surface area contributed by atoms with Gasteiger partial charge in [-0.1, -0.05) is 62.9 Å². The highest BCUT2D eigenvalue weighted by Gasteiger charge is 2.43. The number of nitrogens with zero attached hydrogens (tertiary/aromatic N) is 2. The van der Waals surface area contributed by atoms with E-state index >= 15 is 0 Å². The molecule has 3 rings (SSSR count). The molecule has 4 nitrogen and oxygen atoms in total. The molecule has 2 amide bonds. The van der Waals surface area contributed by atoms with Gasteiger partial charge in [-0.3, -0.25) is 14.5 Å². The molecule has 0 bridgehead atoms. The van der Waals surface area contributed by atoms with Crippen LogP contribution in [0.15, 0.2) is 23.9 Å². The molecule has 1 aromatic rings. The molecule has 0 radical (unpaired) electrons. The first-order chi connectivity index (χ1) is 13.3. The summed E-state index contributed by atoms with van der Waals surface area (Å²) in [5.74, 6) is 0.500. The van der Waals surface area contributed by atoms with Crippen molar-refractivity contribution in [3.63, 3.8) is 0 Å². The Kier molecular flexibility index (Phi) is 6.72. The molecule has 28 heavy (non-hydrogen) atoms.